The Balaban J connectivity index is 1.55. The molecule has 1 aromatic heterocycles. The highest BCUT2D eigenvalue weighted by Gasteiger charge is 2.29. The number of halogens is 2. The maximum atomic E-state index is 13.0. The van der Waals surface area contributed by atoms with Crippen LogP contribution in [-0.2, 0) is 11.2 Å². The number of aliphatic hydroxyl groups is 1. The van der Waals surface area contributed by atoms with Crippen molar-refractivity contribution in [2.24, 2.45) is 11.8 Å². The third kappa shape index (κ3) is 6.58. The number of ether oxygens (including phenoxy) is 1. The molecule has 166 valence electrons. The quantitative estimate of drug-likeness (QED) is 0.688. The van der Waals surface area contributed by atoms with Crippen molar-refractivity contribution in [3.8, 4) is 6.07 Å². The monoisotopic (exact) mass is 422 g/mol. The Hall–Kier alpha value is -1.85. The van der Waals surface area contributed by atoms with Gasteiger partial charge in [0.1, 0.15) is 12.7 Å². The molecule has 1 heterocycles. The van der Waals surface area contributed by atoms with E-state index in [2.05, 4.69) is 28.3 Å². The van der Waals surface area contributed by atoms with Gasteiger partial charge in [-0.1, -0.05) is 6.92 Å². The fourth-order valence-corrected chi connectivity index (χ4v) is 4.40. The summed E-state index contributed by atoms with van der Waals surface area (Å²) < 4.78 is 31.2. The molecule has 3 atom stereocenters. The van der Waals surface area contributed by atoms with Crippen LogP contribution in [0, 0.1) is 23.2 Å². The summed E-state index contributed by atoms with van der Waals surface area (Å²) in [7, 11) is 0. The van der Waals surface area contributed by atoms with Crippen LogP contribution in [0.15, 0.2) is 6.20 Å². The van der Waals surface area contributed by atoms with E-state index in [-0.39, 0.29) is 18.2 Å². The fourth-order valence-electron chi connectivity index (χ4n) is 4.40. The lowest BCUT2D eigenvalue weighted by molar-refractivity contribution is -0.0943. The van der Waals surface area contributed by atoms with Crippen molar-refractivity contribution >= 4 is 5.95 Å². The molecule has 3 rings (SSSR count). The van der Waals surface area contributed by atoms with Crippen LogP contribution in [-0.4, -0.2) is 45.9 Å². The van der Waals surface area contributed by atoms with Gasteiger partial charge in [-0.25, -0.2) is 18.7 Å². The number of hydrogen-bond donors (Lipinski definition) is 2. The van der Waals surface area contributed by atoms with E-state index in [1.807, 2.05) is 0 Å². The largest absolute Gasteiger partial charge is 0.393 e. The zero-order chi connectivity index (χ0) is 21.7. The third-order valence-electron chi connectivity index (χ3n) is 6.31. The average Bonchev–Trinajstić information content (AvgIpc) is 2.70. The maximum absolute atomic E-state index is 13.0. The molecule has 6 nitrogen and oxygen atoms in total. The van der Waals surface area contributed by atoms with Gasteiger partial charge in [0.2, 0.25) is 5.95 Å². The molecule has 2 aliphatic rings. The normalized spacial score (nSPS) is 29.9. The highest BCUT2D eigenvalue weighted by atomic mass is 19.3. The Morgan fingerprint density at radius 3 is 2.63 bits per heavy atom. The van der Waals surface area contributed by atoms with Gasteiger partial charge in [0.15, 0.2) is 0 Å². The Morgan fingerprint density at radius 1 is 1.27 bits per heavy atom. The van der Waals surface area contributed by atoms with E-state index in [0.717, 1.165) is 57.6 Å². The SMILES string of the molecule is C[C@@H]1CC[C@@H](Cc2nc(NC3CCC(OCC(C)(F)F)CC3)ncc2C#N)C[C@H]1O. The predicted molar refractivity (Wildman–Crippen MR) is 109 cm³/mol. The summed E-state index contributed by atoms with van der Waals surface area (Å²) in [6.45, 7) is 2.41. The Labute approximate surface area is 177 Å². The molecule has 2 aliphatic carbocycles. The van der Waals surface area contributed by atoms with Crippen molar-refractivity contribution in [3.63, 3.8) is 0 Å². The van der Waals surface area contributed by atoms with Crippen LogP contribution in [0.4, 0.5) is 14.7 Å². The van der Waals surface area contributed by atoms with E-state index < -0.39 is 12.5 Å². The van der Waals surface area contributed by atoms with E-state index in [1.54, 1.807) is 6.20 Å². The van der Waals surface area contributed by atoms with Crippen molar-refractivity contribution in [1.29, 1.82) is 5.26 Å². The number of aliphatic hydroxyl groups excluding tert-OH is 1. The van der Waals surface area contributed by atoms with Gasteiger partial charge in [-0.3, -0.25) is 0 Å². The van der Waals surface area contributed by atoms with E-state index in [1.165, 1.54) is 0 Å². The number of anilines is 1. The third-order valence-corrected chi connectivity index (χ3v) is 6.31. The van der Waals surface area contributed by atoms with Gasteiger partial charge in [-0.2, -0.15) is 5.26 Å². The molecule has 0 radical (unpaired) electrons. The standard InChI is InChI=1S/C22H32F2N4O2/c1-14-3-4-15(10-20(14)29)9-19-16(11-25)12-26-21(28-19)27-17-5-7-18(8-6-17)30-13-22(2,23)24/h12,14-15,17-18,20,29H,3-10,13H2,1-2H3,(H,26,27,28)/t14-,15+,17?,18?,20-/m1/s1. The van der Waals surface area contributed by atoms with E-state index in [4.69, 9.17) is 4.74 Å². The predicted octanol–water partition coefficient (Wildman–Crippen LogP) is 4.08. The van der Waals surface area contributed by atoms with Gasteiger partial charge in [-0.05, 0) is 63.2 Å². The molecule has 0 aliphatic heterocycles. The molecular weight excluding hydrogens is 390 g/mol. The average molecular weight is 423 g/mol. The zero-order valence-corrected chi connectivity index (χ0v) is 17.8. The summed E-state index contributed by atoms with van der Waals surface area (Å²) in [6.07, 6.45) is 7.57. The summed E-state index contributed by atoms with van der Waals surface area (Å²) in [6, 6.07) is 2.33. The van der Waals surface area contributed by atoms with Gasteiger partial charge in [0, 0.05) is 13.0 Å². The van der Waals surface area contributed by atoms with Crippen LogP contribution < -0.4 is 5.32 Å². The van der Waals surface area contributed by atoms with E-state index >= 15 is 0 Å². The molecule has 2 fully saturated rings. The van der Waals surface area contributed by atoms with Gasteiger partial charge >= 0.3 is 0 Å². The molecule has 0 aromatic carbocycles. The minimum absolute atomic E-state index is 0.133. The first kappa shape index (κ1) is 22.8. The number of nitrogens with one attached hydrogen (secondary N) is 1. The van der Waals surface area contributed by atoms with Crippen molar-refractivity contribution < 1.29 is 18.6 Å². The van der Waals surface area contributed by atoms with Crippen molar-refractivity contribution in [3.05, 3.63) is 17.5 Å². The highest BCUT2D eigenvalue weighted by molar-refractivity contribution is 5.37. The number of rotatable bonds is 7. The Bertz CT molecular complexity index is 742. The summed E-state index contributed by atoms with van der Waals surface area (Å²) in [5.41, 5.74) is 1.20. The number of alkyl halides is 2. The smallest absolute Gasteiger partial charge is 0.268 e. The summed E-state index contributed by atoms with van der Waals surface area (Å²) in [4.78, 5) is 8.89. The molecule has 2 saturated carbocycles. The van der Waals surface area contributed by atoms with Crippen molar-refractivity contribution in [2.45, 2.75) is 89.4 Å². The van der Waals surface area contributed by atoms with Crippen LogP contribution in [0.5, 0.6) is 0 Å². The molecule has 2 N–H and O–H groups in total. The number of nitriles is 1. The molecule has 0 saturated heterocycles. The zero-order valence-electron chi connectivity index (χ0n) is 17.8. The Morgan fingerprint density at radius 2 is 2.00 bits per heavy atom. The summed E-state index contributed by atoms with van der Waals surface area (Å²) in [5, 5.41) is 22.9. The molecule has 0 bridgehead atoms. The van der Waals surface area contributed by atoms with E-state index in [9.17, 15) is 19.1 Å². The molecule has 0 spiro atoms. The first-order valence-corrected chi connectivity index (χ1v) is 10.9. The van der Waals surface area contributed by atoms with Crippen LogP contribution in [0.2, 0.25) is 0 Å². The molecule has 30 heavy (non-hydrogen) atoms. The minimum Gasteiger partial charge on any atom is -0.393 e. The number of aromatic nitrogens is 2. The first-order chi connectivity index (χ1) is 14.2. The summed E-state index contributed by atoms with van der Waals surface area (Å²) >= 11 is 0. The molecule has 8 heteroatoms. The maximum Gasteiger partial charge on any atom is 0.268 e. The highest BCUT2D eigenvalue weighted by Crippen LogP contribution is 2.31. The minimum atomic E-state index is -2.80. The second kappa shape index (κ2) is 9.97. The number of nitrogens with zero attached hydrogens (tertiary/aromatic N) is 3. The van der Waals surface area contributed by atoms with Gasteiger partial charge in [0.25, 0.3) is 5.92 Å². The lowest BCUT2D eigenvalue weighted by atomic mass is 9.78. The second-order valence-electron chi connectivity index (χ2n) is 9.09. The Kier molecular flexibility index (Phi) is 7.59. The first-order valence-electron chi connectivity index (χ1n) is 10.9. The topological polar surface area (TPSA) is 91.1 Å². The fraction of sp³-hybridized carbons (Fsp3) is 0.773. The molecule has 1 aromatic rings. The lowest BCUT2D eigenvalue weighted by Gasteiger charge is -2.31. The van der Waals surface area contributed by atoms with E-state index in [0.29, 0.717) is 29.8 Å². The number of hydrogen-bond acceptors (Lipinski definition) is 6. The lowest BCUT2D eigenvalue weighted by Crippen LogP contribution is -2.33. The van der Waals surface area contributed by atoms with Gasteiger partial charge in [0.05, 0.1) is 29.7 Å². The van der Waals surface area contributed by atoms with Crippen LogP contribution in [0.1, 0.15) is 70.1 Å². The van der Waals surface area contributed by atoms with Crippen LogP contribution in [0.25, 0.3) is 0 Å². The van der Waals surface area contributed by atoms with Crippen LogP contribution >= 0.6 is 0 Å². The molecular formula is C22H32F2N4O2. The second-order valence-corrected chi connectivity index (χ2v) is 9.09. The van der Waals surface area contributed by atoms with Crippen LogP contribution in [0.3, 0.4) is 0 Å². The van der Waals surface area contributed by atoms with Crippen molar-refractivity contribution in [2.75, 3.05) is 11.9 Å². The van der Waals surface area contributed by atoms with Gasteiger partial charge in [-0.15, -0.1) is 0 Å². The molecule has 0 unspecified atom stereocenters. The van der Waals surface area contributed by atoms with Gasteiger partial charge < -0.3 is 15.2 Å². The summed E-state index contributed by atoms with van der Waals surface area (Å²) in [5.74, 6) is -1.66. The molecule has 0 amide bonds. The van der Waals surface area contributed by atoms with Crippen molar-refractivity contribution in [1.82, 2.24) is 9.97 Å².